The maximum atomic E-state index is 13.1. The number of amides is 1. The largest absolute Gasteiger partial charge is 0.507 e. The van der Waals surface area contributed by atoms with Crippen molar-refractivity contribution in [3.05, 3.63) is 69.7 Å². The SMILES string of the molecule is CCN(CC)CCCN1C(=O)C(=O)/C(=C(\O)c2cccc(OC)c2)C1c1ccc(Br)cc1. The number of carbonyl (C=O) groups excluding carboxylic acids is 2. The molecule has 1 amide bonds. The van der Waals surface area contributed by atoms with Crippen molar-refractivity contribution in [3.63, 3.8) is 0 Å². The summed E-state index contributed by atoms with van der Waals surface area (Å²) in [5.74, 6) is -0.882. The molecule has 0 spiro atoms. The van der Waals surface area contributed by atoms with E-state index >= 15 is 0 Å². The minimum atomic E-state index is -0.666. The molecule has 1 N–H and O–H groups in total. The third-order valence-corrected chi connectivity index (χ3v) is 6.37. The molecule has 1 atom stereocenters. The van der Waals surface area contributed by atoms with Crippen molar-refractivity contribution in [2.75, 3.05) is 33.3 Å². The molecule has 1 fully saturated rings. The van der Waals surface area contributed by atoms with Crippen LogP contribution in [0.5, 0.6) is 5.75 Å². The molecule has 170 valence electrons. The van der Waals surface area contributed by atoms with Crippen LogP contribution >= 0.6 is 15.9 Å². The fourth-order valence-corrected chi connectivity index (χ4v) is 4.30. The van der Waals surface area contributed by atoms with E-state index in [0.29, 0.717) is 17.9 Å². The highest BCUT2D eigenvalue weighted by atomic mass is 79.9. The molecule has 3 rings (SSSR count). The summed E-state index contributed by atoms with van der Waals surface area (Å²) < 4.78 is 6.15. The number of aliphatic hydroxyl groups excluding tert-OH is 1. The van der Waals surface area contributed by atoms with Crippen molar-refractivity contribution < 1.29 is 19.4 Å². The predicted octanol–water partition coefficient (Wildman–Crippen LogP) is 4.61. The summed E-state index contributed by atoms with van der Waals surface area (Å²) in [5, 5.41) is 11.1. The van der Waals surface area contributed by atoms with E-state index in [4.69, 9.17) is 4.74 Å². The van der Waals surface area contributed by atoms with Crippen molar-refractivity contribution in [1.29, 1.82) is 0 Å². The van der Waals surface area contributed by atoms with Gasteiger partial charge in [-0.1, -0.05) is 54.0 Å². The van der Waals surface area contributed by atoms with Crippen LogP contribution in [0.3, 0.4) is 0 Å². The number of Topliss-reactive ketones (excluding diaryl/α,β-unsaturated/α-hetero) is 1. The van der Waals surface area contributed by atoms with E-state index in [1.54, 1.807) is 29.2 Å². The first-order valence-corrected chi connectivity index (χ1v) is 11.6. The van der Waals surface area contributed by atoms with E-state index in [1.807, 2.05) is 24.3 Å². The van der Waals surface area contributed by atoms with Crippen LogP contribution in [0.2, 0.25) is 0 Å². The van der Waals surface area contributed by atoms with Crippen LogP contribution in [0.25, 0.3) is 5.76 Å². The normalized spacial score (nSPS) is 17.9. The van der Waals surface area contributed by atoms with Crippen LogP contribution < -0.4 is 4.74 Å². The topological polar surface area (TPSA) is 70.1 Å². The van der Waals surface area contributed by atoms with Gasteiger partial charge >= 0.3 is 0 Å². The number of carbonyl (C=O) groups is 2. The van der Waals surface area contributed by atoms with Gasteiger partial charge in [-0.2, -0.15) is 0 Å². The first kappa shape index (κ1) is 24.0. The minimum absolute atomic E-state index is 0.105. The van der Waals surface area contributed by atoms with Crippen LogP contribution in [-0.4, -0.2) is 59.9 Å². The van der Waals surface area contributed by atoms with Crippen molar-refractivity contribution >= 4 is 33.4 Å². The van der Waals surface area contributed by atoms with E-state index in [1.165, 1.54) is 7.11 Å². The smallest absolute Gasteiger partial charge is 0.295 e. The van der Waals surface area contributed by atoms with Gasteiger partial charge in [0, 0.05) is 16.6 Å². The number of hydrogen-bond acceptors (Lipinski definition) is 5. The van der Waals surface area contributed by atoms with Crippen molar-refractivity contribution in [2.45, 2.75) is 26.3 Å². The van der Waals surface area contributed by atoms with Crippen molar-refractivity contribution in [2.24, 2.45) is 0 Å². The van der Waals surface area contributed by atoms with Crippen LogP contribution in [-0.2, 0) is 9.59 Å². The Morgan fingerprint density at radius 1 is 1.12 bits per heavy atom. The molecule has 0 aromatic heterocycles. The Balaban J connectivity index is 2.03. The molecule has 0 aliphatic carbocycles. The number of rotatable bonds is 9. The summed E-state index contributed by atoms with van der Waals surface area (Å²) in [4.78, 5) is 30.0. The number of likely N-dealkylation sites (tertiary alicyclic amines) is 1. The third-order valence-electron chi connectivity index (χ3n) is 5.84. The van der Waals surface area contributed by atoms with Gasteiger partial charge in [0.15, 0.2) is 0 Å². The zero-order valence-corrected chi connectivity index (χ0v) is 20.3. The second-order valence-electron chi connectivity index (χ2n) is 7.66. The molecule has 0 radical (unpaired) electrons. The van der Waals surface area contributed by atoms with Crippen LogP contribution in [0.1, 0.15) is 37.4 Å². The maximum Gasteiger partial charge on any atom is 0.295 e. The van der Waals surface area contributed by atoms with E-state index in [9.17, 15) is 14.7 Å². The Kier molecular flexibility index (Phi) is 8.10. The highest BCUT2D eigenvalue weighted by Crippen LogP contribution is 2.40. The van der Waals surface area contributed by atoms with Gasteiger partial charge in [0.25, 0.3) is 11.7 Å². The Morgan fingerprint density at radius 2 is 1.81 bits per heavy atom. The fourth-order valence-electron chi connectivity index (χ4n) is 4.03. The van der Waals surface area contributed by atoms with Gasteiger partial charge in [-0.05, 0) is 55.9 Å². The van der Waals surface area contributed by atoms with Gasteiger partial charge in [0.1, 0.15) is 11.5 Å². The zero-order valence-electron chi connectivity index (χ0n) is 18.7. The van der Waals surface area contributed by atoms with Gasteiger partial charge in [-0.3, -0.25) is 9.59 Å². The van der Waals surface area contributed by atoms with Gasteiger partial charge in [-0.15, -0.1) is 0 Å². The Labute approximate surface area is 197 Å². The molecule has 1 aliphatic heterocycles. The number of aliphatic hydroxyl groups is 1. The van der Waals surface area contributed by atoms with Gasteiger partial charge in [0.2, 0.25) is 0 Å². The van der Waals surface area contributed by atoms with E-state index in [-0.39, 0.29) is 11.3 Å². The highest BCUT2D eigenvalue weighted by Gasteiger charge is 2.45. The Hall–Kier alpha value is -2.64. The van der Waals surface area contributed by atoms with Crippen molar-refractivity contribution in [3.8, 4) is 5.75 Å². The highest BCUT2D eigenvalue weighted by molar-refractivity contribution is 9.10. The first-order chi connectivity index (χ1) is 15.4. The quantitative estimate of drug-likeness (QED) is 0.309. The molecule has 2 aromatic carbocycles. The Bertz CT molecular complexity index is 999. The van der Waals surface area contributed by atoms with Crippen LogP contribution in [0.4, 0.5) is 0 Å². The third kappa shape index (κ3) is 5.05. The molecule has 6 nitrogen and oxygen atoms in total. The molecule has 7 heteroatoms. The number of halogens is 1. The number of benzene rings is 2. The lowest BCUT2D eigenvalue weighted by Gasteiger charge is -2.27. The molecule has 0 bridgehead atoms. The monoisotopic (exact) mass is 500 g/mol. The lowest BCUT2D eigenvalue weighted by atomic mass is 9.95. The predicted molar refractivity (Wildman–Crippen MR) is 129 cm³/mol. The summed E-state index contributed by atoms with van der Waals surface area (Å²) in [6.45, 7) is 7.33. The van der Waals surface area contributed by atoms with Gasteiger partial charge in [0.05, 0.1) is 18.7 Å². The van der Waals surface area contributed by atoms with E-state index in [2.05, 4.69) is 34.7 Å². The molecular weight excluding hydrogens is 472 g/mol. The minimum Gasteiger partial charge on any atom is -0.507 e. The summed E-state index contributed by atoms with van der Waals surface area (Å²) in [5.41, 5.74) is 1.32. The van der Waals surface area contributed by atoms with Crippen LogP contribution in [0.15, 0.2) is 58.6 Å². The average Bonchev–Trinajstić information content (AvgIpc) is 3.07. The Morgan fingerprint density at radius 3 is 2.44 bits per heavy atom. The molecule has 0 saturated carbocycles. The summed E-state index contributed by atoms with van der Waals surface area (Å²) >= 11 is 3.43. The molecular formula is C25H29BrN2O4. The molecule has 2 aromatic rings. The second-order valence-corrected chi connectivity index (χ2v) is 8.57. The van der Waals surface area contributed by atoms with E-state index in [0.717, 1.165) is 36.1 Å². The summed E-state index contributed by atoms with van der Waals surface area (Å²) in [6, 6.07) is 13.7. The molecule has 1 heterocycles. The zero-order chi connectivity index (χ0) is 23.3. The fraction of sp³-hybridized carbons (Fsp3) is 0.360. The molecule has 1 saturated heterocycles. The number of nitrogens with zero attached hydrogens (tertiary/aromatic N) is 2. The van der Waals surface area contributed by atoms with Gasteiger partial charge < -0.3 is 19.6 Å². The maximum absolute atomic E-state index is 13.1. The summed E-state index contributed by atoms with van der Waals surface area (Å²) in [6.07, 6.45) is 0.737. The standard InChI is InChI=1S/C25H29BrN2O4/c1-4-27(5-2)14-7-15-28-22(17-10-12-19(26)13-11-17)21(24(30)25(28)31)23(29)18-8-6-9-20(16-18)32-3/h6,8-13,16,22,29H,4-5,7,14-15H2,1-3H3/b23-21-. The van der Waals surface area contributed by atoms with Crippen LogP contribution in [0, 0.1) is 0 Å². The second kappa shape index (κ2) is 10.8. The average molecular weight is 501 g/mol. The lowest BCUT2D eigenvalue weighted by Crippen LogP contribution is -2.33. The number of hydrogen-bond donors (Lipinski definition) is 1. The summed E-state index contributed by atoms with van der Waals surface area (Å²) in [7, 11) is 1.54. The first-order valence-electron chi connectivity index (χ1n) is 10.8. The molecule has 1 aliphatic rings. The van der Waals surface area contributed by atoms with Crippen molar-refractivity contribution in [1.82, 2.24) is 9.80 Å². The number of ether oxygens (including phenoxy) is 1. The van der Waals surface area contributed by atoms with E-state index < -0.39 is 17.7 Å². The number of ketones is 1. The lowest BCUT2D eigenvalue weighted by molar-refractivity contribution is -0.140. The van der Waals surface area contributed by atoms with Gasteiger partial charge in [-0.25, -0.2) is 0 Å². The molecule has 1 unspecified atom stereocenters. The number of methoxy groups -OCH3 is 1. The molecule has 32 heavy (non-hydrogen) atoms.